The molecule has 0 aliphatic rings. The summed E-state index contributed by atoms with van der Waals surface area (Å²) in [5, 5.41) is 0. The van der Waals surface area contributed by atoms with Gasteiger partial charge in [0.2, 0.25) is 0 Å². The van der Waals surface area contributed by atoms with Crippen LogP contribution in [0, 0.1) is 0 Å². The Morgan fingerprint density at radius 1 is 0.941 bits per heavy atom. The van der Waals surface area contributed by atoms with Crippen molar-refractivity contribution < 1.29 is 8.91 Å². The Balaban J connectivity index is 4.11. The molecule has 3 heteroatoms. The van der Waals surface area contributed by atoms with Gasteiger partial charge in [0.15, 0.2) is 8.32 Å². The first kappa shape index (κ1) is 17.1. The minimum atomic E-state index is -1.39. The normalized spacial score (nSPS) is 13.1. The van der Waals surface area contributed by atoms with Crippen molar-refractivity contribution >= 4 is 8.32 Å². The molecule has 104 valence electrons. The van der Waals surface area contributed by atoms with Crippen LogP contribution in [0.2, 0.25) is 18.1 Å². The molecule has 0 aromatic carbocycles. The summed E-state index contributed by atoms with van der Waals surface area (Å²) in [6.45, 7) is 9.16. The van der Waals surface area contributed by atoms with E-state index < -0.39 is 8.32 Å². The fraction of sp³-hybridized carbons (Fsp3) is 1.00. The largest absolute Gasteiger partial charge is 0.417 e. The van der Waals surface area contributed by atoms with E-state index in [2.05, 4.69) is 41.9 Å². The molecule has 0 aliphatic heterocycles. The first-order valence-electron chi connectivity index (χ1n) is 7.33. The number of unbranched alkanes of at least 4 members (excludes halogenated alkanes) is 1. The highest BCUT2D eigenvalue weighted by Crippen LogP contribution is 2.24. The predicted octanol–water partition coefficient (Wildman–Crippen LogP) is 3.88. The van der Waals surface area contributed by atoms with E-state index in [4.69, 9.17) is 4.43 Å². The zero-order valence-corrected chi connectivity index (χ0v) is 14.0. The van der Waals surface area contributed by atoms with Crippen LogP contribution in [0.1, 0.15) is 40.0 Å². The summed E-state index contributed by atoms with van der Waals surface area (Å²) in [5.74, 6) is 0. The highest BCUT2D eigenvalue weighted by Gasteiger charge is 2.30. The Morgan fingerprint density at radius 3 is 1.94 bits per heavy atom. The topological polar surface area (TPSA) is 9.23 Å². The predicted molar refractivity (Wildman–Crippen MR) is 79.9 cm³/mol. The van der Waals surface area contributed by atoms with Gasteiger partial charge in [-0.25, -0.2) is 0 Å². The minimum absolute atomic E-state index is 0.995. The van der Waals surface area contributed by atoms with E-state index in [0.717, 1.165) is 11.1 Å². The van der Waals surface area contributed by atoms with Gasteiger partial charge >= 0.3 is 0 Å². The molecular weight excluding hydrogens is 226 g/mol. The molecule has 0 spiro atoms. The molecule has 0 bridgehead atoms. The van der Waals surface area contributed by atoms with Crippen molar-refractivity contribution in [3.05, 3.63) is 0 Å². The van der Waals surface area contributed by atoms with Gasteiger partial charge in [0.05, 0.1) is 27.7 Å². The van der Waals surface area contributed by atoms with Crippen molar-refractivity contribution in [3.63, 3.8) is 0 Å². The number of hydrogen-bond acceptors (Lipinski definition) is 1. The van der Waals surface area contributed by atoms with Gasteiger partial charge < -0.3 is 8.91 Å². The van der Waals surface area contributed by atoms with Gasteiger partial charge in [-0.1, -0.05) is 27.2 Å². The quantitative estimate of drug-likeness (QED) is 0.329. The molecule has 17 heavy (non-hydrogen) atoms. The first-order valence-corrected chi connectivity index (χ1v) is 9.86. The van der Waals surface area contributed by atoms with Crippen molar-refractivity contribution in [1.29, 1.82) is 0 Å². The molecule has 0 aliphatic carbocycles. The van der Waals surface area contributed by atoms with E-state index in [-0.39, 0.29) is 0 Å². The van der Waals surface area contributed by atoms with E-state index in [1.54, 1.807) is 0 Å². The van der Waals surface area contributed by atoms with E-state index in [9.17, 15) is 0 Å². The molecule has 0 heterocycles. The molecule has 0 atom stereocenters. The van der Waals surface area contributed by atoms with Crippen LogP contribution in [-0.4, -0.2) is 47.1 Å². The zero-order valence-electron chi connectivity index (χ0n) is 13.0. The van der Waals surface area contributed by atoms with Gasteiger partial charge in [-0.2, -0.15) is 0 Å². The molecule has 0 saturated carbocycles. The van der Waals surface area contributed by atoms with Crippen LogP contribution in [0.25, 0.3) is 0 Å². The van der Waals surface area contributed by atoms with Crippen LogP contribution in [0.4, 0.5) is 0 Å². The molecule has 2 nitrogen and oxygen atoms in total. The Bertz CT molecular complexity index is 185. The van der Waals surface area contributed by atoms with Crippen LogP contribution >= 0.6 is 0 Å². The summed E-state index contributed by atoms with van der Waals surface area (Å²) in [6, 6.07) is 3.91. The van der Waals surface area contributed by atoms with Gasteiger partial charge in [-0.15, -0.1) is 0 Å². The maximum atomic E-state index is 6.32. The molecule has 0 aromatic heterocycles. The van der Waals surface area contributed by atoms with E-state index in [1.165, 1.54) is 43.9 Å². The molecule has 0 unspecified atom stereocenters. The van der Waals surface area contributed by atoms with Crippen LogP contribution < -0.4 is 0 Å². The third-order valence-corrected chi connectivity index (χ3v) is 8.31. The second-order valence-electron chi connectivity index (χ2n) is 6.21. The second kappa shape index (κ2) is 8.28. The van der Waals surface area contributed by atoms with Crippen molar-refractivity contribution in [1.82, 2.24) is 0 Å². The van der Waals surface area contributed by atoms with Crippen LogP contribution in [0.15, 0.2) is 0 Å². The fourth-order valence-electron chi connectivity index (χ4n) is 2.19. The lowest BCUT2D eigenvalue weighted by molar-refractivity contribution is -0.870. The molecule has 0 fully saturated rings. The van der Waals surface area contributed by atoms with Gasteiger partial charge in [0, 0.05) is 6.61 Å². The molecule has 0 aromatic rings. The van der Waals surface area contributed by atoms with Crippen molar-refractivity contribution in [3.8, 4) is 0 Å². The van der Waals surface area contributed by atoms with Crippen molar-refractivity contribution in [2.24, 2.45) is 0 Å². The average molecular weight is 261 g/mol. The number of hydrogen-bond donors (Lipinski definition) is 0. The maximum Gasteiger partial charge on any atom is 0.192 e. The summed E-state index contributed by atoms with van der Waals surface area (Å²) in [4.78, 5) is 0. The highest BCUT2D eigenvalue weighted by molar-refractivity contribution is 6.73. The van der Waals surface area contributed by atoms with Gasteiger partial charge in [-0.3, -0.25) is 0 Å². The minimum Gasteiger partial charge on any atom is -0.417 e. The SMILES string of the molecule is CCCCO[Si](CC)(CC)CCC[N+](C)(C)C. The van der Waals surface area contributed by atoms with E-state index in [0.29, 0.717) is 0 Å². The summed E-state index contributed by atoms with van der Waals surface area (Å²) in [5.41, 5.74) is 0. The summed E-state index contributed by atoms with van der Waals surface area (Å²) < 4.78 is 7.39. The Hall–Kier alpha value is 0.137. The Kier molecular flexibility index (Phi) is 8.34. The lowest BCUT2D eigenvalue weighted by Crippen LogP contribution is -2.40. The lowest BCUT2D eigenvalue weighted by atomic mass is 10.4. The molecular formula is C14H34NOSi+. The standard InChI is InChI=1S/C14H34NOSi/c1-7-10-13-16-17(8-2,9-3)14-11-12-15(4,5)6/h7-14H2,1-6H3/q+1. The summed E-state index contributed by atoms with van der Waals surface area (Å²) >= 11 is 0. The van der Waals surface area contributed by atoms with E-state index in [1.807, 2.05) is 0 Å². The number of nitrogens with zero attached hydrogens (tertiary/aromatic N) is 1. The van der Waals surface area contributed by atoms with E-state index >= 15 is 0 Å². The lowest BCUT2D eigenvalue weighted by Gasteiger charge is -2.31. The summed E-state index contributed by atoms with van der Waals surface area (Å²) in [7, 11) is 5.44. The average Bonchev–Trinajstić information content (AvgIpc) is 2.26. The third kappa shape index (κ3) is 7.95. The summed E-state index contributed by atoms with van der Waals surface area (Å²) in [6.07, 6.45) is 3.80. The van der Waals surface area contributed by atoms with Crippen molar-refractivity contribution in [2.45, 2.75) is 58.2 Å². The second-order valence-corrected chi connectivity index (χ2v) is 10.8. The van der Waals surface area contributed by atoms with Crippen LogP contribution in [-0.2, 0) is 4.43 Å². The van der Waals surface area contributed by atoms with Gasteiger partial charge in [0.1, 0.15) is 0 Å². The molecule has 0 rings (SSSR count). The van der Waals surface area contributed by atoms with Gasteiger partial charge in [0.25, 0.3) is 0 Å². The van der Waals surface area contributed by atoms with Gasteiger partial charge in [-0.05, 0) is 31.0 Å². The third-order valence-electron chi connectivity index (χ3n) is 3.66. The Morgan fingerprint density at radius 2 is 1.53 bits per heavy atom. The number of quaternary nitrogens is 1. The van der Waals surface area contributed by atoms with Crippen LogP contribution in [0.3, 0.4) is 0 Å². The zero-order chi connectivity index (χ0) is 13.4. The Labute approximate surface area is 110 Å². The smallest absolute Gasteiger partial charge is 0.192 e. The first-order chi connectivity index (χ1) is 7.89. The fourth-order valence-corrected chi connectivity index (χ4v) is 5.33. The van der Waals surface area contributed by atoms with Crippen molar-refractivity contribution in [2.75, 3.05) is 34.3 Å². The molecule has 0 radical (unpaired) electrons. The number of rotatable bonds is 10. The van der Waals surface area contributed by atoms with Crippen LogP contribution in [0.5, 0.6) is 0 Å². The maximum absolute atomic E-state index is 6.32. The molecule has 0 N–H and O–H groups in total. The molecule has 0 amide bonds. The highest BCUT2D eigenvalue weighted by atomic mass is 28.4. The molecule has 0 saturated heterocycles. The monoisotopic (exact) mass is 260 g/mol.